The van der Waals surface area contributed by atoms with Crippen molar-refractivity contribution in [2.24, 2.45) is 5.92 Å². The maximum absolute atomic E-state index is 12.5. The van der Waals surface area contributed by atoms with Crippen LogP contribution in [0.3, 0.4) is 0 Å². The van der Waals surface area contributed by atoms with Gasteiger partial charge >= 0.3 is 5.97 Å². The van der Waals surface area contributed by atoms with E-state index in [2.05, 4.69) is 10.3 Å². The fraction of sp³-hybridized carbons (Fsp3) is 0.381. The summed E-state index contributed by atoms with van der Waals surface area (Å²) < 4.78 is 5.89. The lowest BCUT2D eigenvalue weighted by Crippen LogP contribution is -2.41. The number of pyridine rings is 1. The Balaban J connectivity index is 2.12. The monoisotopic (exact) mass is 370 g/mol. The summed E-state index contributed by atoms with van der Waals surface area (Å²) in [5.74, 6) is -0.541. The Hall–Kier alpha value is -2.89. The van der Waals surface area contributed by atoms with Gasteiger partial charge in [0, 0.05) is 23.5 Å². The highest BCUT2D eigenvalue weighted by atomic mass is 16.5. The minimum absolute atomic E-state index is 0.165. The van der Waals surface area contributed by atoms with Crippen LogP contribution in [0.25, 0.3) is 0 Å². The summed E-state index contributed by atoms with van der Waals surface area (Å²) in [6, 6.07) is 6.31. The van der Waals surface area contributed by atoms with E-state index >= 15 is 0 Å². The van der Waals surface area contributed by atoms with Crippen molar-refractivity contribution in [3.05, 3.63) is 58.9 Å². The number of amides is 1. The third kappa shape index (κ3) is 5.81. The Morgan fingerprint density at radius 1 is 1.22 bits per heavy atom. The molecule has 27 heavy (non-hydrogen) atoms. The van der Waals surface area contributed by atoms with E-state index in [0.717, 1.165) is 16.7 Å². The van der Waals surface area contributed by atoms with Gasteiger partial charge in [-0.1, -0.05) is 19.9 Å². The lowest BCUT2D eigenvalue weighted by atomic mass is 10.0. The Labute approximate surface area is 159 Å². The predicted molar refractivity (Wildman–Crippen MR) is 103 cm³/mol. The van der Waals surface area contributed by atoms with Crippen molar-refractivity contribution in [1.82, 2.24) is 10.3 Å². The Bertz CT molecular complexity index is 780. The van der Waals surface area contributed by atoms with E-state index in [1.165, 1.54) is 0 Å². The van der Waals surface area contributed by atoms with Crippen LogP contribution in [0.2, 0.25) is 0 Å². The summed E-state index contributed by atoms with van der Waals surface area (Å²) in [7, 11) is 0. The minimum Gasteiger partial charge on any atom is -0.488 e. The van der Waals surface area contributed by atoms with Crippen LogP contribution in [0.5, 0.6) is 5.75 Å². The van der Waals surface area contributed by atoms with E-state index < -0.39 is 17.9 Å². The van der Waals surface area contributed by atoms with E-state index in [-0.39, 0.29) is 5.92 Å². The summed E-state index contributed by atoms with van der Waals surface area (Å²) in [5, 5.41) is 11.9. The van der Waals surface area contributed by atoms with Gasteiger partial charge in [-0.2, -0.15) is 0 Å². The molecule has 0 bridgehead atoms. The molecule has 144 valence electrons. The lowest BCUT2D eigenvalue weighted by Gasteiger charge is -2.18. The molecule has 1 atom stereocenters. The molecular weight excluding hydrogens is 344 g/mol. The van der Waals surface area contributed by atoms with E-state index in [4.69, 9.17) is 4.74 Å². The summed E-state index contributed by atoms with van der Waals surface area (Å²) in [6.45, 7) is 7.96. The second-order valence-corrected chi connectivity index (χ2v) is 7.08. The van der Waals surface area contributed by atoms with Crippen LogP contribution < -0.4 is 10.1 Å². The van der Waals surface area contributed by atoms with Gasteiger partial charge in [0.15, 0.2) is 0 Å². The summed E-state index contributed by atoms with van der Waals surface area (Å²) >= 11 is 0. The molecule has 1 heterocycles. The molecule has 0 unspecified atom stereocenters. The molecule has 1 aromatic carbocycles. The maximum Gasteiger partial charge on any atom is 0.326 e. The summed E-state index contributed by atoms with van der Waals surface area (Å²) in [5.41, 5.74) is 3.02. The van der Waals surface area contributed by atoms with Gasteiger partial charge in [-0.25, -0.2) is 4.79 Å². The van der Waals surface area contributed by atoms with Gasteiger partial charge in [0.2, 0.25) is 0 Å². The third-order valence-electron chi connectivity index (χ3n) is 4.14. The number of hydrogen-bond acceptors (Lipinski definition) is 4. The van der Waals surface area contributed by atoms with Crippen molar-refractivity contribution >= 4 is 11.9 Å². The van der Waals surface area contributed by atoms with Crippen molar-refractivity contribution in [3.8, 4) is 5.75 Å². The van der Waals surface area contributed by atoms with Crippen LogP contribution in [0.4, 0.5) is 0 Å². The van der Waals surface area contributed by atoms with Crippen LogP contribution in [-0.4, -0.2) is 28.0 Å². The van der Waals surface area contributed by atoms with Gasteiger partial charge in [-0.05, 0) is 55.5 Å². The number of carbonyl (C=O) groups excluding carboxylic acids is 1. The molecule has 1 amide bonds. The Kier molecular flexibility index (Phi) is 6.93. The Morgan fingerprint density at radius 2 is 1.89 bits per heavy atom. The van der Waals surface area contributed by atoms with Gasteiger partial charge in [0.25, 0.3) is 5.91 Å². The predicted octanol–water partition coefficient (Wildman–Crippen LogP) is 3.51. The molecule has 0 fully saturated rings. The smallest absolute Gasteiger partial charge is 0.326 e. The number of aryl methyl sites for hydroxylation is 2. The number of rotatable bonds is 8. The molecule has 6 nitrogen and oxygen atoms in total. The standard InChI is InChI=1S/C21H26N2O4/c1-13(2)8-18(21(25)26)23-20(24)17-9-14(3)19(15(4)10-17)27-12-16-6-5-7-22-11-16/h5-7,9-11,13,18H,8,12H2,1-4H3,(H,23,24)(H,25,26)/t18-/m0/s1. The van der Waals surface area contributed by atoms with Crippen LogP contribution >= 0.6 is 0 Å². The number of aromatic nitrogens is 1. The number of ether oxygens (including phenoxy) is 1. The number of carboxylic acid groups (broad SMARTS) is 1. The first kappa shape index (κ1) is 20.4. The first-order chi connectivity index (χ1) is 12.8. The largest absolute Gasteiger partial charge is 0.488 e. The zero-order chi connectivity index (χ0) is 20.0. The highest BCUT2D eigenvalue weighted by molar-refractivity contribution is 5.97. The zero-order valence-electron chi connectivity index (χ0n) is 16.2. The number of nitrogens with zero attached hydrogens (tertiary/aromatic N) is 1. The molecule has 0 aliphatic rings. The molecular formula is C21H26N2O4. The van der Waals surface area contributed by atoms with Gasteiger partial charge < -0.3 is 15.2 Å². The van der Waals surface area contributed by atoms with Crippen LogP contribution in [0.1, 0.15) is 47.3 Å². The molecule has 0 saturated carbocycles. The van der Waals surface area contributed by atoms with Crippen LogP contribution in [0.15, 0.2) is 36.7 Å². The van der Waals surface area contributed by atoms with E-state index in [1.807, 2.05) is 39.8 Å². The molecule has 0 radical (unpaired) electrons. The molecule has 2 N–H and O–H groups in total. The second-order valence-electron chi connectivity index (χ2n) is 7.08. The first-order valence-corrected chi connectivity index (χ1v) is 8.94. The Morgan fingerprint density at radius 3 is 2.41 bits per heavy atom. The average Bonchev–Trinajstić information content (AvgIpc) is 2.60. The van der Waals surface area contributed by atoms with Gasteiger partial charge in [-0.15, -0.1) is 0 Å². The molecule has 2 rings (SSSR count). The molecule has 0 spiro atoms. The van der Waals surface area contributed by atoms with E-state index in [9.17, 15) is 14.7 Å². The number of hydrogen-bond donors (Lipinski definition) is 2. The molecule has 2 aromatic rings. The van der Waals surface area contributed by atoms with Crippen LogP contribution in [-0.2, 0) is 11.4 Å². The number of nitrogens with one attached hydrogen (secondary N) is 1. The van der Waals surface area contributed by atoms with E-state index in [1.54, 1.807) is 24.5 Å². The van der Waals surface area contributed by atoms with Gasteiger partial charge in [-0.3, -0.25) is 9.78 Å². The minimum atomic E-state index is -1.03. The van der Waals surface area contributed by atoms with E-state index in [0.29, 0.717) is 24.3 Å². The molecule has 0 aliphatic heterocycles. The summed E-state index contributed by atoms with van der Waals surface area (Å²) in [6.07, 6.45) is 3.83. The summed E-state index contributed by atoms with van der Waals surface area (Å²) in [4.78, 5) is 27.9. The van der Waals surface area contributed by atoms with Gasteiger partial charge in [0.05, 0.1) is 0 Å². The third-order valence-corrected chi connectivity index (χ3v) is 4.14. The topological polar surface area (TPSA) is 88.5 Å². The van der Waals surface area contributed by atoms with Crippen molar-refractivity contribution in [2.75, 3.05) is 0 Å². The van der Waals surface area contributed by atoms with Crippen molar-refractivity contribution in [2.45, 2.75) is 46.8 Å². The highest BCUT2D eigenvalue weighted by Gasteiger charge is 2.22. The lowest BCUT2D eigenvalue weighted by molar-refractivity contribution is -0.139. The molecule has 0 saturated heterocycles. The van der Waals surface area contributed by atoms with Crippen LogP contribution in [0, 0.1) is 19.8 Å². The quantitative estimate of drug-likeness (QED) is 0.742. The maximum atomic E-state index is 12.5. The van der Waals surface area contributed by atoms with Gasteiger partial charge in [0.1, 0.15) is 18.4 Å². The first-order valence-electron chi connectivity index (χ1n) is 8.94. The van der Waals surface area contributed by atoms with Crippen molar-refractivity contribution < 1.29 is 19.4 Å². The normalized spacial score (nSPS) is 11.9. The number of carbonyl (C=O) groups is 2. The van der Waals surface area contributed by atoms with Crippen molar-refractivity contribution in [3.63, 3.8) is 0 Å². The molecule has 1 aromatic heterocycles. The second kappa shape index (κ2) is 9.16. The van der Waals surface area contributed by atoms with Crippen molar-refractivity contribution in [1.29, 1.82) is 0 Å². The molecule has 0 aliphatic carbocycles. The molecule has 6 heteroatoms. The SMILES string of the molecule is Cc1cc(C(=O)N[C@@H](CC(C)C)C(=O)O)cc(C)c1OCc1cccnc1. The fourth-order valence-electron chi connectivity index (χ4n) is 2.88. The number of carboxylic acids is 1. The highest BCUT2D eigenvalue weighted by Crippen LogP contribution is 2.26. The number of benzene rings is 1. The fourth-order valence-corrected chi connectivity index (χ4v) is 2.88. The average molecular weight is 370 g/mol. The zero-order valence-corrected chi connectivity index (χ0v) is 16.2. The number of aliphatic carboxylic acids is 1.